The number of para-hydroxylation sites is 1. The molecule has 0 radical (unpaired) electrons. The average molecular weight is 478 g/mol. The van der Waals surface area contributed by atoms with Crippen LogP contribution in [0.1, 0.15) is 25.7 Å². The summed E-state index contributed by atoms with van der Waals surface area (Å²) in [6.07, 6.45) is 0.162. The fourth-order valence-corrected chi connectivity index (χ4v) is 3.31. The highest BCUT2D eigenvalue weighted by atomic mass is 32.3. The van der Waals surface area contributed by atoms with Gasteiger partial charge < -0.3 is 23.6 Å². The molecule has 2 aromatic carbocycles. The number of carbonyl (C=O) groups is 2. The predicted octanol–water partition coefficient (Wildman–Crippen LogP) is 2.90. The van der Waals surface area contributed by atoms with E-state index in [2.05, 4.69) is 4.18 Å². The number of ether oxygens (including phenoxy) is 1. The number of carboxylic acid groups (broad SMARTS) is 1. The Morgan fingerprint density at radius 2 is 1.73 bits per heavy atom. The highest BCUT2D eigenvalue weighted by Crippen LogP contribution is 2.37. The van der Waals surface area contributed by atoms with Crippen LogP contribution >= 0.6 is 0 Å². The van der Waals surface area contributed by atoms with Crippen LogP contribution in [0.15, 0.2) is 51.7 Å². The summed E-state index contributed by atoms with van der Waals surface area (Å²) < 4.78 is 46.3. The van der Waals surface area contributed by atoms with Gasteiger partial charge in [-0.1, -0.05) is 12.1 Å². The van der Waals surface area contributed by atoms with Crippen molar-refractivity contribution < 1.29 is 46.1 Å². The van der Waals surface area contributed by atoms with Crippen molar-refractivity contribution in [3.05, 3.63) is 52.7 Å². The van der Waals surface area contributed by atoms with Crippen molar-refractivity contribution in [2.24, 2.45) is 0 Å². The summed E-state index contributed by atoms with van der Waals surface area (Å²) in [5.41, 5.74) is -0.539. The van der Waals surface area contributed by atoms with E-state index in [0.717, 1.165) is 12.1 Å². The van der Waals surface area contributed by atoms with Crippen LogP contribution in [0.3, 0.4) is 0 Å². The third-order valence-electron chi connectivity index (χ3n) is 4.41. The Kier molecular flexibility index (Phi) is 6.99. The van der Waals surface area contributed by atoms with Gasteiger partial charge in [0.1, 0.15) is 5.58 Å². The standard InChI is InChI=1S/C21H18O11S/c22-14-10-9-12(11-16(14)32-33(27,28)29)20-21(31-18(25)8-4-3-7-17(23)24)19(26)13-5-1-2-6-15(13)30-20/h1-2,5-6,9-11,22H,3-4,7-8H2,(H,23,24)(H,27,28,29). The molecule has 0 bridgehead atoms. The van der Waals surface area contributed by atoms with Gasteiger partial charge in [-0.25, -0.2) is 0 Å². The number of benzene rings is 2. The van der Waals surface area contributed by atoms with Gasteiger partial charge in [-0.2, -0.15) is 8.42 Å². The van der Waals surface area contributed by atoms with Gasteiger partial charge in [-0.3, -0.25) is 18.9 Å². The minimum atomic E-state index is -4.97. The molecule has 33 heavy (non-hydrogen) atoms. The summed E-state index contributed by atoms with van der Waals surface area (Å²) in [6, 6.07) is 9.39. The van der Waals surface area contributed by atoms with E-state index in [4.69, 9.17) is 18.8 Å². The van der Waals surface area contributed by atoms with E-state index in [1.807, 2.05) is 0 Å². The fourth-order valence-electron chi connectivity index (χ4n) is 2.95. The highest BCUT2D eigenvalue weighted by Gasteiger charge is 2.22. The Bertz CT molecular complexity index is 1370. The molecular weight excluding hydrogens is 460 g/mol. The molecule has 1 aromatic heterocycles. The number of rotatable bonds is 9. The lowest BCUT2D eigenvalue weighted by atomic mass is 10.1. The summed E-state index contributed by atoms with van der Waals surface area (Å²) in [5, 5.41) is 18.6. The monoisotopic (exact) mass is 478 g/mol. The number of phenols is 1. The van der Waals surface area contributed by atoms with Gasteiger partial charge >= 0.3 is 22.3 Å². The van der Waals surface area contributed by atoms with Gasteiger partial charge in [0.25, 0.3) is 0 Å². The number of hydrogen-bond donors (Lipinski definition) is 3. The molecule has 0 saturated heterocycles. The molecule has 12 heteroatoms. The SMILES string of the molecule is O=C(O)CCCCC(=O)Oc1c(-c2ccc(O)c(OS(=O)(=O)O)c2)oc2ccccc2c1=O. The van der Waals surface area contributed by atoms with Crippen molar-refractivity contribution in [3.63, 3.8) is 0 Å². The third kappa shape index (κ3) is 6.08. The van der Waals surface area contributed by atoms with Crippen LogP contribution in [0.5, 0.6) is 17.2 Å². The first-order chi connectivity index (χ1) is 15.5. The molecular formula is C21H18O11S. The van der Waals surface area contributed by atoms with E-state index < -0.39 is 45.0 Å². The van der Waals surface area contributed by atoms with Crippen molar-refractivity contribution in [1.29, 1.82) is 0 Å². The first-order valence-corrected chi connectivity index (χ1v) is 10.9. The number of hydrogen-bond acceptors (Lipinski definition) is 9. The maximum atomic E-state index is 13.0. The molecule has 0 unspecified atom stereocenters. The van der Waals surface area contributed by atoms with Gasteiger partial charge in [0.05, 0.1) is 5.39 Å². The van der Waals surface area contributed by atoms with E-state index >= 15 is 0 Å². The molecule has 3 aromatic rings. The molecule has 1 heterocycles. The van der Waals surface area contributed by atoms with E-state index in [1.165, 1.54) is 18.2 Å². The Morgan fingerprint density at radius 1 is 1.03 bits per heavy atom. The first kappa shape index (κ1) is 23.8. The van der Waals surface area contributed by atoms with E-state index in [1.54, 1.807) is 12.1 Å². The van der Waals surface area contributed by atoms with Crippen LogP contribution in [0.4, 0.5) is 0 Å². The average Bonchev–Trinajstić information content (AvgIpc) is 2.74. The zero-order valence-electron chi connectivity index (χ0n) is 16.9. The molecule has 11 nitrogen and oxygen atoms in total. The second kappa shape index (κ2) is 9.71. The van der Waals surface area contributed by atoms with Gasteiger partial charge in [-0.15, -0.1) is 0 Å². The summed E-state index contributed by atoms with van der Waals surface area (Å²) >= 11 is 0. The van der Waals surface area contributed by atoms with Crippen molar-refractivity contribution in [2.45, 2.75) is 25.7 Å². The molecule has 0 fully saturated rings. The van der Waals surface area contributed by atoms with Crippen LogP contribution in [-0.4, -0.2) is 35.1 Å². The summed E-state index contributed by atoms with van der Waals surface area (Å²) in [7, 11) is -4.97. The largest absolute Gasteiger partial charge is 0.504 e. The van der Waals surface area contributed by atoms with Crippen molar-refractivity contribution in [2.75, 3.05) is 0 Å². The van der Waals surface area contributed by atoms with Gasteiger partial charge in [0.15, 0.2) is 17.3 Å². The van der Waals surface area contributed by atoms with Gasteiger partial charge in [-0.05, 0) is 43.2 Å². The number of carboxylic acids is 1. The van der Waals surface area contributed by atoms with Crippen LogP contribution in [0.2, 0.25) is 0 Å². The first-order valence-electron chi connectivity index (χ1n) is 9.54. The molecule has 0 amide bonds. The van der Waals surface area contributed by atoms with Gasteiger partial charge in [0.2, 0.25) is 11.2 Å². The number of carbonyl (C=O) groups excluding carboxylic acids is 1. The fraction of sp³-hybridized carbons (Fsp3) is 0.190. The highest BCUT2D eigenvalue weighted by molar-refractivity contribution is 7.81. The van der Waals surface area contributed by atoms with Crippen LogP contribution < -0.4 is 14.3 Å². The van der Waals surface area contributed by atoms with Crippen molar-refractivity contribution in [1.82, 2.24) is 0 Å². The lowest BCUT2D eigenvalue weighted by molar-refractivity contribution is -0.138. The quantitative estimate of drug-likeness (QED) is 0.234. The Morgan fingerprint density at radius 3 is 2.42 bits per heavy atom. The second-order valence-corrected chi connectivity index (χ2v) is 7.88. The number of aliphatic carboxylic acids is 1. The molecule has 0 aliphatic heterocycles. The van der Waals surface area contributed by atoms with E-state index in [-0.39, 0.29) is 48.0 Å². The molecule has 0 spiro atoms. The molecule has 3 N–H and O–H groups in total. The summed E-state index contributed by atoms with van der Waals surface area (Å²) in [6.45, 7) is 0. The Hall–Kier alpha value is -3.90. The maximum absolute atomic E-state index is 13.0. The predicted molar refractivity (Wildman–Crippen MR) is 114 cm³/mol. The zero-order valence-corrected chi connectivity index (χ0v) is 17.7. The van der Waals surface area contributed by atoms with Crippen molar-refractivity contribution >= 4 is 33.3 Å². The Balaban J connectivity index is 2.04. The van der Waals surface area contributed by atoms with Crippen molar-refractivity contribution in [3.8, 4) is 28.6 Å². The maximum Gasteiger partial charge on any atom is 0.446 e. The molecule has 0 aliphatic carbocycles. The number of fused-ring (bicyclic) bond motifs is 1. The number of aromatic hydroxyl groups is 1. The molecule has 0 atom stereocenters. The zero-order chi connectivity index (χ0) is 24.2. The lowest BCUT2D eigenvalue weighted by Crippen LogP contribution is -2.16. The minimum Gasteiger partial charge on any atom is -0.504 e. The lowest BCUT2D eigenvalue weighted by Gasteiger charge is -2.12. The summed E-state index contributed by atoms with van der Waals surface area (Å²) in [4.78, 5) is 35.9. The molecule has 0 saturated carbocycles. The topological polar surface area (TPSA) is 178 Å². The van der Waals surface area contributed by atoms with Crippen LogP contribution in [-0.2, 0) is 20.0 Å². The van der Waals surface area contributed by atoms with Gasteiger partial charge in [0, 0.05) is 18.4 Å². The number of unbranched alkanes of at least 4 members (excludes halogenated alkanes) is 1. The van der Waals surface area contributed by atoms with Crippen LogP contribution in [0.25, 0.3) is 22.3 Å². The summed E-state index contributed by atoms with van der Waals surface area (Å²) in [5.74, 6) is -3.83. The van der Waals surface area contributed by atoms with E-state index in [0.29, 0.717) is 0 Å². The van der Waals surface area contributed by atoms with E-state index in [9.17, 15) is 27.9 Å². The smallest absolute Gasteiger partial charge is 0.446 e. The van der Waals surface area contributed by atoms with Crippen LogP contribution in [0, 0.1) is 0 Å². The normalized spacial score (nSPS) is 11.3. The number of esters is 1. The molecule has 0 aliphatic rings. The minimum absolute atomic E-state index is 0.00276. The Labute approximate surface area is 186 Å². The molecule has 3 rings (SSSR count). The third-order valence-corrected chi connectivity index (χ3v) is 4.80. The second-order valence-electron chi connectivity index (χ2n) is 6.85. The molecule has 174 valence electrons. The number of phenolic OH excluding ortho intramolecular Hbond substituents is 1.